The fraction of sp³-hybridized carbons (Fsp3) is 0.261. The molecule has 0 saturated heterocycles. The number of nitrogens with one attached hydrogen (secondary N) is 2. The van der Waals surface area contributed by atoms with Crippen LogP contribution in [0.1, 0.15) is 32.9 Å². The molecule has 0 aliphatic heterocycles. The zero-order valence-corrected chi connectivity index (χ0v) is 17.0. The molecule has 1 aromatic heterocycles. The van der Waals surface area contributed by atoms with Crippen LogP contribution >= 0.6 is 0 Å². The lowest BCUT2D eigenvalue weighted by molar-refractivity contribution is 0.0945. The third-order valence-electron chi connectivity index (χ3n) is 4.64. The van der Waals surface area contributed by atoms with E-state index in [-0.39, 0.29) is 5.91 Å². The minimum Gasteiger partial charge on any atom is -0.497 e. The highest BCUT2D eigenvalue weighted by molar-refractivity contribution is 5.92. The SMILES string of the molecule is COc1ccc(CCNc2nc(C)cc(C(=O)NCc3ccccc3C)n2)cc1. The number of hydrogen-bond donors (Lipinski definition) is 2. The molecule has 150 valence electrons. The number of aryl methyl sites for hydroxylation is 2. The van der Waals surface area contributed by atoms with Crippen molar-refractivity contribution in [2.75, 3.05) is 19.0 Å². The fourth-order valence-electron chi connectivity index (χ4n) is 2.95. The smallest absolute Gasteiger partial charge is 0.270 e. The van der Waals surface area contributed by atoms with Gasteiger partial charge in [-0.15, -0.1) is 0 Å². The minimum atomic E-state index is -0.211. The van der Waals surface area contributed by atoms with Crippen LogP contribution in [0.15, 0.2) is 54.6 Å². The second kappa shape index (κ2) is 9.68. The minimum absolute atomic E-state index is 0.211. The molecule has 0 radical (unpaired) electrons. The van der Waals surface area contributed by atoms with E-state index < -0.39 is 0 Å². The summed E-state index contributed by atoms with van der Waals surface area (Å²) >= 11 is 0. The number of amides is 1. The van der Waals surface area contributed by atoms with Crippen molar-refractivity contribution in [3.63, 3.8) is 0 Å². The monoisotopic (exact) mass is 390 g/mol. The third-order valence-corrected chi connectivity index (χ3v) is 4.64. The van der Waals surface area contributed by atoms with Gasteiger partial charge in [-0.25, -0.2) is 9.97 Å². The number of ether oxygens (including phenoxy) is 1. The number of hydrogen-bond acceptors (Lipinski definition) is 5. The first kappa shape index (κ1) is 20.3. The van der Waals surface area contributed by atoms with Gasteiger partial charge in [-0.3, -0.25) is 4.79 Å². The van der Waals surface area contributed by atoms with Crippen molar-refractivity contribution >= 4 is 11.9 Å². The van der Waals surface area contributed by atoms with E-state index in [9.17, 15) is 4.79 Å². The lowest BCUT2D eigenvalue weighted by Crippen LogP contribution is -2.25. The molecule has 6 heteroatoms. The molecule has 2 aromatic carbocycles. The van der Waals surface area contributed by atoms with Crippen molar-refractivity contribution in [2.45, 2.75) is 26.8 Å². The lowest BCUT2D eigenvalue weighted by atomic mass is 10.1. The van der Waals surface area contributed by atoms with Crippen LogP contribution < -0.4 is 15.4 Å². The van der Waals surface area contributed by atoms with E-state index in [2.05, 4.69) is 20.6 Å². The van der Waals surface area contributed by atoms with E-state index in [1.807, 2.05) is 62.4 Å². The number of rotatable bonds is 8. The van der Waals surface area contributed by atoms with Crippen LogP contribution in [0, 0.1) is 13.8 Å². The number of nitrogens with zero attached hydrogens (tertiary/aromatic N) is 2. The van der Waals surface area contributed by atoms with Gasteiger partial charge in [0.25, 0.3) is 5.91 Å². The summed E-state index contributed by atoms with van der Waals surface area (Å²) < 4.78 is 5.17. The first-order valence-corrected chi connectivity index (χ1v) is 9.60. The zero-order valence-electron chi connectivity index (χ0n) is 17.0. The van der Waals surface area contributed by atoms with Crippen LogP contribution in [0.25, 0.3) is 0 Å². The first-order chi connectivity index (χ1) is 14.0. The number of carbonyl (C=O) groups is 1. The number of benzene rings is 2. The molecule has 0 aliphatic carbocycles. The molecule has 0 aliphatic rings. The van der Waals surface area contributed by atoms with Crippen LogP contribution in [-0.2, 0) is 13.0 Å². The summed E-state index contributed by atoms with van der Waals surface area (Å²) in [5, 5.41) is 6.14. The van der Waals surface area contributed by atoms with Gasteiger partial charge in [-0.1, -0.05) is 36.4 Å². The third kappa shape index (κ3) is 5.78. The molecule has 0 spiro atoms. The Morgan fingerprint density at radius 3 is 2.52 bits per heavy atom. The lowest BCUT2D eigenvalue weighted by Gasteiger charge is -2.10. The molecule has 29 heavy (non-hydrogen) atoms. The van der Waals surface area contributed by atoms with Gasteiger partial charge in [-0.2, -0.15) is 0 Å². The Labute approximate surface area is 171 Å². The summed E-state index contributed by atoms with van der Waals surface area (Å²) in [5.41, 5.74) is 4.52. The Morgan fingerprint density at radius 1 is 1.03 bits per heavy atom. The number of methoxy groups -OCH3 is 1. The van der Waals surface area contributed by atoms with E-state index in [1.165, 1.54) is 5.56 Å². The van der Waals surface area contributed by atoms with Crippen LogP contribution in [0.3, 0.4) is 0 Å². The van der Waals surface area contributed by atoms with Crippen LogP contribution in [0.5, 0.6) is 5.75 Å². The largest absolute Gasteiger partial charge is 0.497 e. The molecule has 3 aromatic rings. The molecule has 1 heterocycles. The molecule has 0 saturated carbocycles. The van der Waals surface area contributed by atoms with Gasteiger partial charge < -0.3 is 15.4 Å². The van der Waals surface area contributed by atoms with E-state index in [0.29, 0.717) is 24.7 Å². The van der Waals surface area contributed by atoms with Crippen molar-refractivity contribution in [3.8, 4) is 5.75 Å². The summed E-state index contributed by atoms with van der Waals surface area (Å²) in [5.74, 6) is 1.08. The maximum absolute atomic E-state index is 12.5. The summed E-state index contributed by atoms with van der Waals surface area (Å²) in [6, 6.07) is 17.6. The average Bonchev–Trinajstić information content (AvgIpc) is 2.73. The highest BCUT2D eigenvalue weighted by Gasteiger charge is 2.11. The molecular weight excluding hydrogens is 364 g/mol. The Morgan fingerprint density at radius 2 is 1.79 bits per heavy atom. The standard InChI is InChI=1S/C23H26N4O2/c1-16-6-4-5-7-19(16)15-25-22(28)21-14-17(2)26-23(27-21)24-13-12-18-8-10-20(29-3)11-9-18/h4-11,14H,12-13,15H2,1-3H3,(H,25,28)(H,24,26,27). The Balaban J connectivity index is 1.58. The van der Waals surface area contributed by atoms with Gasteiger partial charge in [0, 0.05) is 18.8 Å². The number of aromatic nitrogens is 2. The van der Waals surface area contributed by atoms with Gasteiger partial charge in [0.1, 0.15) is 11.4 Å². The van der Waals surface area contributed by atoms with Crippen LogP contribution in [0.4, 0.5) is 5.95 Å². The normalized spacial score (nSPS) is 10.4. The second-order valence-electron chi connectivity index (χ2n) is 6.85. The quantitative estimate of drug-likeness (QED) is 0.614. The molecule has 1 amide bonds. The molecule has 0 atom stereocenters. The summed E-state index contributed by atoms with van der Waals surface area (Å²) in [4.78, 5) is 21.3. The van der Waals surface area contributed by atoms with Crippen molar-refractivity contribution in [1.82, 2.24) is 15.3 Å². The average molecular weight is 390 g/mol. The maximum atomic E-state index is 12.5. The molecule has 2 N–H and O–H groups in total. The fourth-order valence-corrected chi connectivity index (χ4v) is 2.95. The predicted octanol–water partition coefficient (Wildman–Crippen LogP) is 3.69. The zero-order chi connectivity index (χ0) is 20.6. The molecule has 0 unspecified atom stereocenters. The predicted molar refractivity (Wildman–Crippen MR) is 114 cm³/mol. The van der Waals surface area contributed by atoms with Crippen LogP contribution in [0.2, 0.25) is 0 Å². The number of anilines is 1. The molecular formula is C23H26N4O2. The van der Waals surface area contributed by atoms with Gasteiger partial charge in [0.15, 0.2) is 0 Å². The van der Waals surface area contributed by atoms with Crippen molar-refractivity contribution < 1.29 is 9.53 Å². The summed E-state index contributed by atoms with van der Waals surface area (Å²) in [6.45, 7) is 5.02. The highest BCUT2D eigenvalue weighted by Crippen LogP contribution is 2.12. The first-order valence-electron chi connectivity index (χ1n) is 9.60. The Kier molecular flexibility index (Phi) is 6.79. The van der Waals surface area contributed by atoms with Crippen LogP contribution in [-0.4, -0.2) is 29.5 Å². The summed E-state index contributed by atoms with van der Waals surface area (Å²) in [6.07, 6.45) is 0.816. The van der Waals surface area contributed by atoms with Crippen molar-refractivity contribution in [2.24, 2.45) is 0 Å². The van der Waals surface area contributed by atoms with E-state index in [4.69, 9.17) is 4.74 Å². The Hall–Kier alpha value is -3.41. The topological polar surface area (TPSA) is 76.1 Å². The second-order valence-corrected chi connectivity index (χ2v) is 6.85. The molecule has 0 fully saturated rings. The Bertz CT molecular complexity index is 971. The van der Waals surface area contributed by atoms with Gasteiger partial charge in [-0.05, 0) is 55.2 Å². The number of carbonyl (C=O) groups excluding carboxylic acids is 1. The van der Waals surface area contributed by atoms with E-state index >= 15 is 0 Å². The van der Waals surface area contributed by atoms with Crippen molar-refractivity contribution in [1.29, 1.82) is 0 Å². The van der Waals surface area contributed by atoms with Gasteiger partial charge in [0.05, 0.1) is 7.11 Å². The van der Waals surface area contributed by atoms with E-state index in [0.717, 1.165) is 29.0 Å². The highest BCUT2D eigenvalue weighted by atomic mass is 16.5. The summed E-state index contributed by atoms with van der Waals surface area (Å²) in [7, 11) is 1.65. The molecule has 6 nitrogen and oxygen atoms in total. The maximum Gasteiger partial charge on any atom is 0.270 e. The van der Waals surface area contributed by atoms with E-state index in [1.54, 1.807) is 13.2 Å². The van der Waals surface area contributed by atoms with Crippen molar-refractivity contribution in [3.05, 3.63) is 82.7 Å². The molecule has 3 rings (SSSR count). The van der Waals surface area contributed by atoms with Gasteiger partial charge >= 0.3 is 0 Å². The molecule has 0 bridgehead atoms. The van der Waals surface area contributed by atoms with Gasteiger partial charge in [0.2, 0.25) is 5.95 Å².